The Kier molecular flexibility index (Phi) is 40.5. The molecule has 0 spiro atoms. The fourth-order valence-corrected chi connectivity index (χ4v) is 10.4. The fraction of sp³-hybridized carbons (Fsp3) is 0.885. The average Bonchev–Trinajstić information content (AvgIpc) is 3.36. The van der Waals surface area contributed by atoms with Gasteiger partial charge in [-0.1, -0.05) is 278 Å². The molecule has 7 N–H and O–H groups in total. The van der Waals surface area contributed by atoms with Crippen molar-refractivity contribution < 1.29 is 39.7 Å². The van der Waals surface area contributed by atoms with E-state index in [2.05, 4.69) is 45.3 Å². The lowest BCUT2D eigenvalue weighted by Gasteiger charge is -2.40. The van der Waals surface area contributed by atoms with Crippen LogP contribution in [0.2, 0.25) is 0 Å². The summed E-state index contributed by atoms with van der Waals surface area (Å²) in [4.78, 5) is 0. The molecule has 0 unspecified atom stereocenters. The van der Waals surface area contributed by atoms with Gasteiger partial charge >= 0.3 is 0 Å². The normalized spacial score (nSPS) is 19.6. The number of thiocarbonyl (C=S) groups is 1. The molecule has 1 heterocycles. The van der Waals surface area contributed by atoms with E-state index < -0.39 is 49.0 Å². The molecule has 0 aromatic heterocycles. The molecule has 1 fully saturated rings. The Hall–Kier alpha value is -1.41. The minimum Gasteiger partial charge on any atom is -0.468 e. The predicted molar refractivity (Wildman–Crippen MR) is 306 cm³/mol. The van der Waals surface area contributed by atoms with Crippen LogP contribution in [0.5, 0.6) is 0 Å². The van der Waals surface area contributed by atoms with Crippen molar-refractivity contribution in [3.05, 3.63) is 29.8 Å². The van der Waals surface area contributed by atoms with Gasteiger partial charge in [0, 0.05) is 5.69 Å². The lowest BCUT2D eigenvalue weighted by Crippen LogP contribution is -2.60. The third-order valence-electron chi connectivity index (χ3n) is 15.1. The molecule has 422 valence electrons. The van der Waals surface area contributed by atoms with Gasteiger partial charge in [-0.15, -0.1) is 0 Å². The molecule has 0 aliphatic carbocycles. The number of nitrogens with one attached hydrogen (secondary N) is 2. The van der Waals surface area contributed by atoms with Crippen LogP contribution < -0.4 is 10.6 Å². The molecule has 11 heteroatoms. The maximum absolute atomic E-state index is 11.5. The maximum Gasteiger partial charge on any atom is 0.261 e. The summed E-state index contributed by atoms with van der Waals surface area (Å²) in [5.41, 5.74) is 1.73. The lowest BCUT2D eigenvalue weighted by atomic mass is 9.86. The first-order valence-corrected chi connectivity index (χ1v) is 30.8. The van der Waals surface area contributed by atoms with Crippen LogP contribution in [0, 0.1) is 0 Å². The summed E-state index contributed by atoms with van der Waals surface area (Å²) in [5.74, 6) is 0. The number of hydrogen-bond donors (Lipinski definition) is 7. The Morgan fingerprint density at radius 2 is 0.972 bits per heavy atom. The van der Waals surface area contributed by atoms with Crippen LogP contribution >= 0.6 is 12.2 Å². The SMILES string of the molecule is CCCCCCCCCCCCCCCCCCCCCCCCCCN[C@@H](CO[C@@H]1O[C@H](COC(=S)Nc2ccccc2C(C)(C)C)[C@H](O)[C@H](O)[C@H]1O)[C@H](O)[C@H](O)CCCCCCCCCCCCCC. The molecule has 2 rings (SSSR count). The van der Waals surface area contributed by atoms with Crippen LogP contribution in [0.1, 0.15) is 278 Å². The first-order chi connectivity index (χ1) is 34.9. The molecular formula is C61H114N2O8S. The van der Waals surface area contributed by atoms with E-state index in [4.69, 9.17) is 26.4 Å². The molecule has 72 heavy (non-hydrogen) atoms. The number of ether oxygens (including phenoxy) is 3. The second kappa shape index (κ2) is 43.7. The molecule has 0 saturated carbocycles. The fourth-order valence-electron chi connectivity index (χ4n) is 10.2. The van der Waals surface area contributed by atoms with E-state index in [0.29, 0.717) is 13.0 Å². The van der Waals surface area contributed by atoms with Crippen LogP contribution in [-0.2, 0) is 19.6 Å². The minimum absolute atomic E-state index is 0.0795. The summed E-state index contributed by atoms with van der Waals surface area (Å²) >= 11 is 5.49. The van der Waals surface area contributed by atoms with Gasteiger partial charge in [0.25, 0.3) is 5.17 Å². The Balaban J connectivity index is 1.73. The Bertz CT molecular complexity index is 1400. The zero-order chi connectivity index (χ0) is 52.5. The van der Waals surface area contributed by atoms with Crippen molar-refractivity contribution in [3.63, 3.8) is 0 Å². The third-order valence-corrected chi connectivity index (χ3v) is 15.3. The highest BCUT2D eigenvalue weighted by molar-refractivity contribution is 7.80. The largest absolute Gasteiger partial charge is 0.468 e. The Morgan fingerprint density at radius 1 is 0.569 bits per heavy atom. The number of aliphatic hydroxyl groups is 5. The van der Waals surface area contributed by atoms with Crippen LogP contribution in [0.15, 0.2) is 24.3 Å². The van der Waals surface area contributed by atoms with Gasteiger partial charge in [0.2, 0.25) is 0 Å². The van der Waals surface area contributed by atoms with Crippen molar-refractivity contribution >= 4 is 23.1 Å². The van der Waals surface area contributed by atoms with Crippen molar-refractivity contribution in [2.24, 2.45) is 0 Å². The zero-order valence-corrected chi connectivity index (χ0v) is 47.9. The molecule has 1 aromatic rings. The maximum atomic E-state index is 11.5. The van der Waals surface area contributed by atoms with Crippen molar-refractivity contribution in [2.45, 2.75) is 327 Å². The van der Waals surface area contributed by atoms with Crippen LogP contribution in [-0.4, -0.2) is 99.4 Å². The van der Waals surface area contributed by atoms with E-state index in [9.17, 15) is 25.5 Å². The number of anilines is 1. The van der Waals surface area contributed by atoms with Crippen molar-refractivity contribution in [1.29, 1.82) is 0 Å². The highest BCUT2D eigenvalue weighted by atomic mass is 32.1. The summed E-state index contributed by atoms with van der Waals surface area (Å²) in [7, 11) is 0. The highest BCUT2D eigenvalue weighted by Gasteiger charge is 2.45. The molecule has 0 radical (unpaired) electrons. The lowest BCUT2D eigenvalue weighted by molar-refractivity contribution is -0.302. The quantitative estimate of drug-likeness (QED) is 0.0247. The number of rotatable bonds is 47. The Labute approximate surface area is 447 Å². The van der Waals surface area contributed by atoms with Gasteiger partial charge in [-0.05, 0) is 48.6 Å². The van der Waals surface area contributed by atoms with E-state index in [1.807, 2.05) is 24.3 Å². The van der Waals surface area contributed by atoms with Gasteiger partial charge in [0.15, 0.2) is 6.29 Å². The van der Waals surface area contributed by atoms with Crippen molar-refractivity contribution in [2.75, 3.05) is 25.1 Å². The predicted octanol–water partition coefficient (Wildman–Crippen LogP) is 14.7. The molecular weight excluding hydrogens is 921 g/mol. The zero-order valence-electron chi connectivity index (χ0n) is 47.1. The summed E-state index contributed by atoms with van der Waals surface area (Å²) in [6.07, 6.45) is 38.5. The molecule has 1 aliphatic heterocycles. The number of unbranched alkanes of at least 4 members (excludes halogenated alkanes) is 34. The van der Waals surface area contributed by atoms with Gasteiger partial charge in [0.1, 0.15) is 31.0 Å². The van der Waals surface area contributed by atoms with E-state index in [0.717, 1.165) is 43.4 Å². The molecule has 1 aliphatic rings. The van der Waals surface area contributed by atoms with E-state index in [-0.39, 0.29) is 23.8 Å². The van der Waals surface area contributed by atoms with Gasteiger partial charge in [-0.25, -0.2) is 0 Å². The number of aliphatic hydroxyl groups excluding tert-OH is 5. The van der Waals surface area contributed by atoms with Gasteiger partial charge in [0.05, 0.1) is 24.9 Å². The second-order valence-corrected chi connectivity index (χ2v) is 23.2. The van der Waals surface area contributed by atoms with E-state index >= 15 is 0 Å². The van der Waals surface area contributed by atoms with Gasteiger partial charge in [-0.2, -0.15) is 0 Å². The number of para-hydroxylation sites is 1. The number of benzene rings is 1. The highest BCUT2D eigenvalue weighted by Crippen LogP contribution is 2.30. The standard InChI is InChI=1S/C61H114N2O8S/c1-6-8-10-12-14-16-18-20-21-22-23-24-25-26-27-28-29-30-31-33-35-37-39-43-47-62-52(55(65)53(64)46-40-38-36-34-32-19-17-15-13-11-9-7-2)48-69-59-58(68)57(67)56(66)54(71-59)49-70-60(72)63-51-45-42-41-44-50(51)61(3,4)5/h41-42,44-45,52-59,62,64-68H,6-40,43,46-49H2,1-5H3,(H,63,72)/t52-,53+,54+,55-,56-,57-,58+,59+/m0/s1. The summed E-state index contributed by atoms with van der Waals surface area (Å²) in [5, 5.41) is 62.0. The summed E-state index contributed by atoms with van der Waals surface area (Å²) in [6, 6.07) is 7.19. The van der Waals surface area contributed by atoms with Crippen molar-refractivity contribution in [1.82, 2.24) is 5.32 Å². The van der Waals surface area contributed by atoms with E-state index in [1.54, 1.807) is 0 Å². The molecule has 1 aromatic carbocycles. The summed E-state index contributed by atoms with van der Waals surface area (Å²) < 4.78 is 17.9. The minimum atomic E-state index is -1.56. The van der Waals surface area contributed by atoms with Crippen LogP contribution in [0.3, 0.4) is 0 Å². The first-order valence-electron chi connectivity index (χ1n) is 30.3. The van der Waals surface area contributed by atoms with E-state index in [1.165, 1.54) is 199 Å². The molecule has 0 amide bonds. The monoisotopic (exact) mass is 1030 g/mol. The van der Waals surface area contributed by atoms with Crippen molar-refractivity contribution in [3.8, 4) is 0 Å². The average molecular weight is 1040 g/mol. The second-order valence-electron chi connectivity index (χ2n) is 22.8. The molecule has 8 atom stereocenters. The van der Waals surface area contributed by atoms with Crippen LogP contribution in [0.25, 0.3) is 0 Å². The van der Waals surface area contributed by atoms with Gasteiger partial charge in [-0.3, -0.25) is 0 Å². The molecule has 10 nitrogen and oxygen atoms in total. The first kappa shape index (κ1) is 66.7. The van der Waals surface area contributed by atoms with Gasteiger partial charge < -0.3 is 50.4 Å². The smallest absolute Gasteiger partial charge is 0.261 e. The number of hydrogen-bond acceptors (Lipinski definition) is 10. The Morgan fingerprint density at radius 3 is 1.40 bits per heavy atom. The molecule has 1 saturated heterocycles. The molecule has 0 bridgehead atoms. The van der Waals surface area contributed by atoms with Crippen LogP contribution in [0.4, 0.5) is 5.69 Å². The topological polar surface area (TPSA) is 153 Å². The third kappa shape index (κ3) is 32.2. The summed E-state index contributed by atoms with van der Waals surface area (Å²) in [6.45, 7) is 11.2.